The van der Waals surface area contributed by atoms with Crippen LogP contribution in [0, 0.1) is 5.41 Å². The highest BCUT2D eigenvalue weighted by molar-refractivity contribution is 5.06. The number of rotatable bonds is 1. The zero-order valence-corrected chi connectivity index (χ0v) is 6.89. The van der Waals surface area contributed by atoms with Crippen molar-refractivity contribution in [3.8, 4) is 0 Å². The molecule has 1 heterocycles. The quantitative estimate of drug-likeness (QED) is 0.532. The fourth-order valence-corrected chi connectivity index (χ4v) is 0.970. The Morgan fingerprint density at radius 2 is 2.20 bits per heavy atom. The molecule has 2 heteroatoms. The topological polar surface area (TPSA) is 24.7 Å². The van der Waals surface area contributed by atoms with Gasteiger partial charge in [0.1, 0.15) is 0 Å². The first-order valence-electron chi connectivity index (χ1n) is 3.64. The molecule has 1 aliphatic heterocycles. The van der Waals surface area contributed by atoms with Gasteiger partial charge in [0.25, 0.3) is 0 Å². The molecule has 0 unspecified atom stereocenters. The van der Waals surface area contributed by atoms with E-state index in [9.17, 15) is 0 Å². The van der Waals surface area contributed by atoms with E-state index >= 15 is 0 Å². The molecular formula is C8H14N2. The third-order valence-corrected chi connectivity index (χ3v) is 1.32. The average molecular weight is 138 g/mol. The third kappa shape index (κ3) is 2.29. The van der Waals surface area contributed by atoms with E-state index in [-0.39, 0.29) is 0 Å². The van der Waals surface area contributed by atoms with Crippen LogP contribution in [-0.4, -0.2) is 6.54 Å². The summed E-state index contributed by atoms with van der Waals surface area (Å²) >= 11 is 0. The van der Waals surface area contributed by atoms with E-state index in [0.29, 0.717) is 5.41 Å². The van der Waals surface area contributed by atoms with Crippen LogP contribution in [0.2, 0.25) is 0 Å². The van der Waals surface area contributed by atoms with Crippen molar-refractivity contribution in [3.05, 3.63) is 11.8 Å². The summed E-state index contributed by atoms with van der Waals surface area (Å²) in [5.41, 5.74) is 1.49. The molecule has 1 rings (SSSR count). The maximum atomic E-state index is 4.01. The van der Waals surface area contributed by atoms with E-state index in [1.165, 1.54) is 0 Å². The van der Waals surface area contributed by atoms with Gasteiger partial charge in [-0.25, -0.2) is 0 Å². The first-order valence-corrected chi connectivity index (χ1v) is 3.64. The minimum atomic E-state index is 0.342. The van der Waals surface area contributed by atoms with Gasteiger partial charge in [-0.15, -0.1) is 0 Å². The van der Waals surface area contributed by atoms with Crippen molar-refractivity contribution in [2.24, 2.45) is 15.6 Å². The predicted octanol–water partition coefficient (Wildman–Crippen LogP) is 2.77. The van der Waals surface area contributed by atoms with Crippen LogP contribution in [0.4, 0.5) is 0 Å². The van der Waals surface area contributed by atoms with Crippen LogP contribution in [0.5, 0.6) is 0 Å². The number of nitrogens with zero attached hydrogens (tertiary/aromatic N) is 2. The molecule has 0 saturated heterocycles. The first-order chi connectivity index (χ1) is 4.58. The van der Waals surface area contributed by atoms with Gasteiger partial charge < -0.3 is 0 Å². The van der Waals surface area contributed by atoms with Crippen LogP contribution < -0.4 is 0 Å². The van der Waals surface area contributed by atoms with Crippen molar-refractivity contribution >= 4 is 0 Å². The second-order valence-electron chi connectivity index (χ2n) is 3.86. The molecule has 56 valence electrons. The summed E-state index contributed by atoms with van der Waals surface area (Å²) in [5, 5.41) is 7.89. The lowest BCUT2D eigenvalue weighted by Crippen LogP contribution is -2.04. The Morgan fingerprint density at radius 1 is 1.50 bits per heavy atom. The Hall–Kier alpha value is -0.660. The molecule has 0 aromatic heterocycles. The maximum Gasteiger partial charge on any atom is 0.0805 e. The SMILES string of the molecule is CC(C)(C)CC1=CCN=N1. The van der Waals surface area contributed by atoms with Crippen molar-refractivity contribution in [2.45, 2.75) is 27.2 Å². The van der Waals surface area contributed by atoms with Gasteiger partial charge >= 0.3 is 0 Å². The molecule has 0 aromatic carbocycles. The molecule has 0 bridgehead atoms. The second kappa shape index (κ2) is 2.52. The van der Waals surface area contributed by atoms with Crippen LogP contribution in [-0.2, 0) is 0 Å². The summed E-state index contributed by atoms with van der Waals surface area (Å²) in [6.45, 7) is 7.41. The normalized spacial score (nSPS) is 17.7. The third-order valence-electron chi connectivity index (χ3n) is 1.32. The van der Waals surface area contributed by atoms with Gasteiger partial charge in [0, 0.05) is 0 Å². The molecule has 10 heavy (non-hydrogen) atoms. The average Bonchev–Trinajstić information content (AvgIpc) is 2.12. The summed E-state index contributed by atoms with van der Waals surface area (Å²) in [6, 6.07) is 0. The number of hydrogen-bond donors (Lipinski definition) is 0. The Morgan fingerprint density at radius 3 is 2.60 bits per heavy atom. The van der Waals surface area contributed by atoms with E-state index in [4.69, 9.17) is 0 Å². The Labute approximate surface area is 62.0 Å². The standard InChI is InChI=1S/C8H14N2/c1-8(2,3)6-7-4-5-9-10-7/h4H,5-6H2,1-3H3. The number of azo groups is 1. The van der Waals surface area contributed by atoms with Crippen molar-refractivity contribution in [1.82, 2.24) is 0 Å². The van der Waals surface area contributed by atoms with Gasteiger partial charge in [-0.3, -0.25) is 0 Å². The molecule has 0 atom stereocenters. The molecule has 0 fully saturated rings. The molecule has 0 N–H and O–H groups in total. The van der Waals surface area contributed by atoms with Crippen molar-refractivity contribution in [1.29, 1.82) is 0 Å². The molecule has 0 radical (unpaired) electrons. The van der Waals surface area contributed by atoms with Crippen LogP contribution >= 0.6 is 0 Å². The van der Waals surface area contributed by atoms with Crippen molar-refractivity contribution < 1.29 is 0 Å². The van der Waals surface area contributed by atoms with Gasteiger partial charge in [-0.2, -0.15) is 10.2 Å². The first kappa shape index (κ1) is 7.45. The molecule has 0 aliphatic carbocycles. The molecule has 1 aliphatic rings. The molecule has 0 spiro atoms. The Bertz CT molecular complexity index is 172. The van der Waals surface area contributed by atoms with Crippen molar-refractivity contribution in [2.75, 3.05) is 6.54 Å². The molecule has 0 aromatic rings. The minimum Gasteiger partial charge on any atom is -0.185 e. The monoisotopic (exact) mass is 138 g/mol. The zero-order chi connectivity index (χ0) is 7.61. The highest BCUT2D eigenvalue weighted by atomic mass is 15.1. The predicted molar refractivity (Wildman–Crippen MR) is 41.9 cm³/mol. The highest BCUT2D eigenvalue weighted by Gasteiger charge is 2.13. The summed E-state index contributed by atoms with van der Waals surface area (Å²) in [5.74, 6) is 0. The fraction of sp³-hybridized carbons (Fsp3) is 0.750. The fourth-order valence-electron chi connectivity index (χ4n) is 0.970. The van der Waals surface area contributed by atoms with E-state index < -0.39 is 0 Å². The Kier molecular flexibility index (Phi) is 1.88. The lowest BCUT2D eigenvalue weighted by Gasteiger charge is -2.16. The summed E-state index contributed by atoms with van der Waals surface area (Å²) < 4.78 is 0. The summed E-state index contributed by atoms with van der Waals surface area (Å²) in [7, 11) is 0. The molecule has 0 saturated carbocycles. The summed E-state index contributed by atoms with van der Waals surface area (Å²) in [6.07, 6.45) is 3.13. The van der Waals surface area contributed by atoms with E-state index in [0.717, 1.165) is 18.7 Å². The largest absolute Gasteiger partial charge is 0.185 e. The zero-order valence-electron chi connectivity index (χ0n) is 6.89. The van der Waals surface area contributed by atoms with Gasteiger partial charge in [-0.1, -0.05) is 20.8 Å². The molecule has 2 nitrogen and oxygen atoms in total. The van der Waals surface area contributed by atoms with Gasteiger partial charge in [0.15, 0.2) is 0 Å². The van der Waals surface area contributed by atoms with Crippen LogP contribution in [0.3, 0.4) is 0 Å². The Balaban J connectivity index is 2.46. The molecular weight excluding hydrogens is 124 g/mol. The van der Waals surface area contributed by atoms with Crippen LogP contribution in [0.1, 0.15) is 27.2 Å². The van der Waals surface area contributed by atoms with Gasteiger partial charge in [-0.05, 0) is 17.9 Å². The van der Waals surface area contributed by atoms with E-state index in [2.05, 4.69) is 37.1 Å². The van der Waals surface area contributed by atoms with E-state index in [1.54, 1.807) is 0 Å². The van der Waals surface area contributed by atoms with Gasteiger partial charge in [0.2, 0.25) is 0 Å². The second-order valence-corrected chi connectivity index (χ2v) is 3.86. The lowest BCUT2D eigenvalue weighted by molar-refractivity contribution is 0.408. The van der Waals surface area contributed by atoms with Crippen molar-refractivity contribution in [3.63, 3.8) is 0 Å². The summed E-state index contributed by atoms with van der Waals surface area (Å²) in [4.78, 5) is 0. The smallest absolute Gasteiger partial charge is 0.0805 e. The maximum absolute atomic E-state index is 4.01. The lowest BCUT2D eigenvalue weighted by atomic mass is 9.91. The minimum absolute atomic E-state index is 0.342. The number of hydrogen-bond acceptors (Lipinski definition) is 2. The van der Waals surface area contributed by atoms with Gasteiger partial charge in [0.05, 0.1) is 12.2 Å². The van der Waals surface area contributed by atoms with E-state index in [1.807, 2.05) is 0 Å². The number of allylic oxidation sites excluding steroid dienone is 1. The van der Waals surface area contributed by atoms with Crippen LogP contribution in [0.25, 0.3) is 0 Å². The highest BCUT2D eigenvalue weighted by Crippen LogP contribution is 2.26. The molecule has 0 amide bonds. The van der Waals surface area contributed by atoms with Crippen LogP contribution in [0.15, 0.2) is 22.0 Å².